The van der Waals surface area contributed by atoms with Gasteiger partial charge in [0.05, 0.1) is 31.9 Å². The minimum atomic E-state index is -0.779. The molecule has 1 saturated heterocycles. The first kappa shape index (κ1) is 32.0. The molecule has 224 valence electrons. The predicted octanol–water partition coefficient (Wildman–Crippen LogP) is 6.21. The van der Waals surface area contributed by atoms with Crippen molar-refractivity contribution in [2.75, 3.05) is 46.5 Å². The average molecular weight is 567 g/mol. The third-order valence-corrected chi connectivity index (χ3v) is 7.47. The molecule has 1 aliphatic heterocycles. The van der Waals surface area contributed by atoms with E-state index in [1.54, 1.807) is 36.3 Å². The van der Waals surface area contributed by atoms with Crippen LogP contribution < -0.4 is 14.2 Å². The molecule has 1 N–H and O–H groups in total. The zero-order chi connectivity index (χ0) is 29.8. The fourth-order valence-corrected chi connectivity index (χ4v) is 4.98. The molecular formula is C33H46N2O6. The second-order valence-corrected chi connectivity index (χ2v) is 10.2. The number of Topliss-reactive ketones (excluding diaryl/α,β-unsaturated/α-hetero) is 1. The summed E-state index contributed by atoms with van der Waals surface area (Å²) >= 11 is 0. The largest absolute Gasteiger partial charge is 0.507 e. The Kier molecular flexibility index (Phi) is 12.5. The van der Waals surface area contributed by atoms with Gasteiger partial charge in [-0.2, -0.15) is 0 Å². The predicted molar refractivity (Wildman–Crippen MR) is 162 cm³/mol. The van der Waals surface area contributed by atoms with E-state index in [2.05, 4.69) is 32.6 Å². The minimum Gasteiger partial charge on any atom is -0.507 e. The maximum atomic E-state index is 13.5. The van der Waals surface area contributed by atoms with E-state index in [0.29, 0.717) is 54.7 Å². The lowest BCUT2D eigenvalue weighted by molar-refractivity contribution is -0.140. The minimum absolute atomic E-state index is 0.0546. The summed E-state index contributed by atoms with van der Waals surface area (Å²) in [5.74, 6) is 0.157. The highest BCUT2D eigenvalue weighted by atomic mass is 16.5. The molecule has 0 saturated carbocycles. The molecule has 41 heavy (non-hydrogen) atoms. The van der Waals surface area contributed by atoms with Gasteiger partial charge in [0, 0.05) is 18.7 Å². The third kappa shape index (κ3) is 8.03. The Morgan fingerprint density at radius 1 is 0.902 bits per heavy atom. The second-order valence-electron chi connectivity index (χ2n) is 10.2. The Morgan fingerprint density at radius 2 is 1.63 bits per heavy atom. The van der Waals surface area contributed by atoms with Crippen molar-refractivity contribution in [3.63, 3.8) is 0 Å². The molecule has 3 rings (SSSR count). The van der Waals surface area contributed by atoms with Gasteiger partial charge in [0.25, 0.3) is 11.7 Å². The van der Waals surface area contributed by atoms with Gasteiger partial charge in [0.1, 0.15) is 11.5 Å². The number of nitrogens with zero attached hydrogens (tertiary/aromatic N) is 2. The van der Waals surface area contributed by atoms with Crippen molar-refractivity contribution in [2.24, 2.45) is 0 Å². The van der Waals surface area contributed by atoms with Crippen LogP contribution in [-0.4, -0.2) is 73.1 Å². The molecule has 1 aliphatic rings. The lowest BCUT2D eigenvalue weighted by Gasteiger charge is -2.28. The highest BCUT2D eigenvalue weighted by Crippen LogP contribution is 2.42. The summed E-state index contributed by atoms with van der Waals surface area (Å²) in [6.45, 7) is 12.1. The molecule has 2 aromatic rings. The zero-order valence-corrected chi connectivity index (χ0v) is 25.3. The van der Waals surface area contributed by atoms with Gasteiger partial charge in [-0.1, -0.05) is 65.2 Å². The number of carbonyl (C=O) groups is 2. The summed E-state index contributed by atoms with van der Waals surface area (Å²) in [4.78, 5) is 30.7. The zero-order valence-electron chi connectivity index (χ0n) is 25.3. The molecule has 0 aromatic heterocycles. The van der Waals surface area contributed by atoms with Crippen LogP contribution in [0.3, 0.4) is 0 Å². The number of benzene rings is 2. The lowest BCUT2D eigenvalue weighted by Crippen LogP contribution is -2.38. The van der Waals surface area contributed by atoms with Gasteiger partial charge in [-0.05, 0) is 55.8 Å². The summed E-state index contributed by atoms with van der Waals surface area (Å²) in [5, 5.41) is 11.5. The van der Waals surface area contributed by atoms with E-state index in [1.807, 2.05) is 18.2 Å². The molecule has 8 nitrogen and oxygen atoms in total. The van der Waals surface area contributed by atoms with Crippen molar-refractivity contribution >= 4 is 17.4 Å². The number of hydrogen-bond acceptors (Lipinski definition) is 7. The van der Waals surface area contributed by atoms with E-state index in [1.165, 1.54) is 0 Å². The molecule has 1 fully saturated rings. The van der Waals surface area contributed by atoms with Crippen LogP contribution in [-0.2, 0) is 9.59 Å². The van der Waals surface area contributed by atoms with E-state index < -0.39 is 17.7 Å². The fraction of sp³-hybridized carbons (Fsp3) is 0.515. The molecular weight excluding hydrogens is 520 g/mol. The first-order valence-corrected chi connectivity index (χ1v) is 14.9. The molecule has 1 amide bonds. The van der Waals surface area contributed by atoms with E-state index in [-0.39, 0.29) is 11.3 Å². The van der Waals surface area contributed by atoms with Gasteiger partial charge in [-0.3, -0.25) is 9.59 Å². The highest BCUT2D eigenvalue weighted by molar-refractivity contribution is 6.46. The van der Waals surface area contributed by atoms with Gasteiger partial charge >= 0.3 is 0 Å². The number of hydrogen-bond donors (Lipinski definition) is 1. The quantitative estimate of drug-likeness (QED) is 0.105. The van der Waals surface area contributed by atoms with Gasteiger partial charge in [-0.25, -0.2) is 0 Å². The molecule has 0 spiro atoms. The van der Waals surface area contributed by atoms with Gasteiger partial charge in [0.15, 0.2) is 11.5 Å². The normalized spacial score (nSPS) is 16.4. The fourth-order valence-electron chi connectivity index (χ4n) is 4.98. The summed E-state index contributed by atoms with van der Waals surface area (Å²) in [5.41, 5.74) is 1.14. The average Bonchev–Trinajstić information content (AvgIpc) is 3.25. The third-order valence-electron chi connectivity index (χ3n) is 7.47. The maximum absolute atomic E-state index is 13.5. The Labute approximate surface area is 244 Å². The first-order valence-electron chi connectivity index (χ1n) is 14.9. The van der Waals surface area contributed by atoms with E-state index >= 15 is 0 Å². The molecule has 8 heteroatoms. The summed E-state index contributed by atoms with van der Waals surface area (Å²) < 4.78 is 17.4. The molecule has 1 unspecified atom stereocenters. The smallest absolute Gasteiger partial charge is 0.295 e. The number of ether oxygens (including phenoxy) is 3. The van der Waals surface area contributed by atoms with Crippen LogP contribution in [0.2, 0.25) is 0 Å². The van der Waals surface area contributed by atoms with Crippen molar-refractivity contribution < 1.29 is 28.9 Å². The van der Waals surface area contributed by atoms with Crippen LogP contribution in [0.4, 0.5) is 0 Å². The Hall–Kier alpha value is -3.52. The van der Waals surface area contributed by atoms with Crippen molar-refractivity contribution in [1.29, 1.82) is 0 Å². The van der Waals surface area contributed by atoms with E-state index in [0.717, 1.165) is 45.2 Å². The van der Waals surface area contributed by atoms with Crippen molar-refractivity contribution in [3.05, 3.63) is 59.2 Å². The second kappa shape index (κ2) is 16.1. The van der Waals surface area contributed by atoms with E-state index in [4.69, 9.17) is 14.2 Å². The molecule has 0 radical (unpaired) electrons. The number of aliphatic hydroxyl groups excluding tert-OH is 1. The number of rotatable bonds is 17. The van der Waals surface area contributed by atoms with Gasteiger partial charge < -0.3 is 29.1 Å². The standard InChI is InChI=1S/C33H46N2O6/c1-6-10-12-21-41-27-17-16-24(23-28(27)39-5)30-29(32(37)33(38)35(30)19-18-34(8-3)9-4)31(36)25-14-13-15-26(22-25)40-20-11-7-2/h13-17,22-23,30,36H,6-12,18-21H2,1-5H3. The van der Waals surface area contributed by atoms with Crippen LogP contribution in [0, 0.1) is 0 Å². The van der Waals surface area contributed by atoms with Crippen LogP contribution in [0.1, 0.15) is 77.0 Å². The van der Waals surface area contributed by atoms with Crippen molar-refractivity contribution in [2.45, 2.75) is 65.8 Å². The highest BCUT2D eigenvalue weighted by Gasteiger charge is 2.46. The number of carbonyl (C=O) groups excluding carboxylic acids is 2. The summed E-state index contributed by atoms with van der Waals surface area (Å²) in [7, 11) is 1.57. The van der Waals surface area contributed by atoms with E-state index in [9.17, 15) is 14.7 Å². The Balaban J connectivity index is 2.05. The van der Waals surface area contributed by atoms with Crippen molar-refractivity contribution in [1.82, 2.24) is 9.80 Å². The van der Waals surface area contributed by atoms with Gasteiger partial charge in [0.2, 0.25) is 0 Å². The van der Waals surface area contributed by atoms with Crippen LogP contribution in [0.15, 0.2) is 48.0 Å². The molecule has 1 heterocycles. The Bertz CT molecular complexity index is 1190. The summed E-state index contributed by atoms with van der Waals surface area (Å²) in [6, 6.07) is 11.7. The lowest BCUT2D eigenvalue weighted by atomic mass is 9.95. The number of unbranched alkanes of at least 4 members (excludes halogenated alkanes) is 3. The molecule has 0 aliphatic carbocycles. The number of likely N-dealkylation sites (N-methyl/N-ethyl adjacent to an activating group) is 1. The van der Waals surface area contributed by atoms with Crippen LogP contribution >= 0.6 is 0 Å². The molecule has 2 aromatic carbocycles. The first-order chi connectivity index (χ1) is 19.9. The van der Waals surface area contributed by atoms with Gasteiger partial charge in [-0.15, -0.1) is 0 Å². The Morgan fingerprint density at radius 3 is 2.32 bits per heavy atom. The topological polar surface area (TPSA) is 88.5 Å². The summed E-state index contributed by atoms with van der Waals surface area (Å²) in [6.07, 6.45) is 5.02. The number of amides is 1. The number of ketones is 1. The van der Waals surface area contributed by atoms with Crippen LogP contribution in [0.25, 0.3) is 5.76 Å². The number of methoxy groups -OCH3 is 1. The monoisotopic (exact) mass is 566 g/mol. The maximum Gasteiger partial charge on any atom is 0.295 e. The SMILES string of the molecule is CCCCCOc1ccc(C2C(=C(O)c3cccc(OCCCC)c3)C(=O)C(=O)N2CCN(CC)CC)cc1OC. The molecule has 1 atom stereocenters. The number of aliphatic hydroxyl groups is 1. The molecule has 0 bridgehead atoms. The number of likely N-dealkylation sites (tertiary alicyclic amines) is 1. The van der Waals surface area contributed by atoms with Crippen molar-refractivity contribution in [3.8, 4) is 17.2 Å². The van der Waals surface area contributed by atoms with Crippen LogP contribution in [0.5, 0.6) is 17.2 Å².